The number of benzene rings is 2. The zero-order valence-electron chi connectivity index (χ0n) is 12.6. The molecule has 0 unspecified atom stereocenters. The van der Waals surface area contributed by atoms with E-state index in [2.05, 4.69) is 20.8 Å². The highest BCUT2D eigenvalue weighted by molar-refractivity contribution is 6.43. The Hall–Kier alpha value is -3.06. The van der Waals surface area contributed by atoms with E-state index in [0.717, 1.165) is 10.9 Å². The van der Waals surface area contributed by atoms with Crippen LogP contribution in [0.1, 0.15) is 0 Å². The lowest BCUT2D eigenvalue weighted by Gasteiger charge is -2.08. The molecule has 0 aliphatic rings. The van der Waals surface area contributed by atoms with Gasteiger partial charge in [0.15, 0.2) is 0 Å². The van der Waals surface area contributed by atoms with E-state index in [1.165, 1.54) is 13.2 Å². The fourth-order valence-corrected chi connectivity index (χ4v) is 2.39. The number of nitrogens with one attached hydrogen (secondary N) is 3. The van der Waals surface area contributed by atoms with Gasteiger partial charge in [-0.2, -0.15) is 5.10 Å². The van der Waals surface area contributed by atoms with E-state index >= 15 is 0 Å². The van der Waals surface area contributed by atoms with Crippen molar-refractivity contribution >= 4 is 45.7 Å². The Labute approximate surface area is 142 Å². The van der Waals surface area contributed by atoms with Gasteiger partial charge in [0, 0.05) is 16.8 Å². The van der Waals surface area contributed by atoms with Crippen LogP contribution in [0.2, 0.25) is 5.02 Å². The molecule has 1 heterocycles. The van der Waals surface area contributed by atoms with Crippen LogP contribution in [0.4, 0.5) is 11.4 Å². The summed E-state index contributed by atoms with van der Waals surface area (Å²) in [6.45, 7) is 0. The van der Waals surface area contributed by atoms with Crippen LogP contribution in [0.3, 0.4) is 0 Å². The number of hydrogen-bond acceptors (Lipinski definition) is 4. The van der Waals surface area contributed by atoms with E-state index in [1.807, 2.05) is 0 Å². The summed E-state index contributed by atoms with van der Waals surface area (Å²) in [5.74, 6) is -1.12. The van der Waals surface area contributed by atoms with Gasteiger partial charge in [0.2, 0.25) is 0 Å². The van der Waals surface area contributed by atoms with Crippen molar-refractivity contribution in [1.82, 2.24) is 10.2 Å². The molecule has 3 N–H and O–H groups in total. The number of hydrogen-bond donors (Lipinski definition) is 3. The summed E-state index contributed by atoms with van der Waals surface area (Å²) in [6.07, 6.45) is 1.67. The predicted molar refractivity (Wildman–Crippen MR) is 91.4 cm³/mol. The second-order valence-corrected chi connectivity index (χ2v) is 5.34. The third-order valence-electron chi connectivity index (χ3n) is 3.32. The molecule has 2 aromatic carbocycles. The Morgan fingerprint density at radius 1 is 1.08 bits per heavy atom. The van der Waals surface area contributed by atoms with Crippen molar-refractivity contribution in [2.75, 3.05) is 17.7 Å². The first-order chi connectivity index (χ1) is 11.6. The summed E-state index contributed by atoms with van der Waals surface area (Å²) in [5.41, 5.74) is 1.64. The van der Waals surface area contributed by atoms with Crippen LogP contribution in [-0.4, -0.2) is 29.1 Å². The zero-order chi connectivity index (χ0) is 17.1. The molecule has 0 saturated heterocycles. The molecule has 0 aliphatic carbocycles. The maximum atomic E-state index is 12.0. The van der Waals surface area contributed by atoms with E-state index in [1.54, 1.807) is 36.5 Å². The van der Waals surface area contributed by atoms with Crippen molar-refractivity contribution in [3.8, 4) is 5.75 Å². The molecule has 24 heavy (non-hydrogen) atoms. The number of H-pyrrole nitrogens is 1. The molecule has 3 aromatic rings. The van der Waals surface area contributed by atoms with Crippen molar-refractivity contribution in [1.29, 1.82) is 0 Å². The maximum absolute atomic E-state index is 12.0. The summed E-state index contributed by atoms with van der Waals surface area (Å²) < 4.78 is 5.03. The average Bonchev–Trinajstić information content (AvgIpc) is 3.02. The minimum atomic E-state index is -0.805. The highest BCUT2D eigenvalue weighted by Gasteiger charge is 2.15. The molecule has 2 amide bonds. The Morgan fingerprint density at radius 2 is 1.75 bits per heavy atom. The second kappa shape index (κ2) is 6.59. The smallest absolute Gasteiger partial charge is 0.314 e. The molecule has 0 aliphatic heterocycles. The summed E-state index contributed by atoms with van der Waals surface area (Å²) in [4.78, 5) is 24.0. The van der Waals surface area contributed by atoms with Crippen molar-refractivity contribution in [2.45, 2.75) is 0 Å². The fourth-order valence-electron chi connectivity index (χ4n) is 2.13. The van der Waals surface area contributed by atoms with Gasteiger partial charge in [0.25, 0.3) is 0 Å². The van der Waals surface area contributed by atoms with Crippen molar-refractivity contribution in [3.05, 3.63) is 47.6 Å². The Bertz CT molecular complexity index is 923. The lowest BCUT2D eigenvalue weighted by molar-refractivity contribution is -0.132. The maximum Gasteiger partial charge on any atom is 0.314 e. The Kier molecular flexibility index (Phi) is 4.35. The van der Waals surface area contributed by atoms with Crippen LogP contribution in [0.25, 0.3) is 10.9 Å². The van der Waals surface area contributed by atoms with Crippen LogP contribution in [0.5, 0.6) is 5.75 Å². The van der Waals surface area contributed by atoms with E-state index < -0.39 is 11.8 Å². The van der Waals surface area contributed by atoms with E-state index in [4.69, 9.17) is 16.3 Å². The highest BCUT2D eigenvalue weighted by Crippen LogP contribution is 2.27. The van der Waals surface area contributed by atoms with Gasteiger partial charge in [0.05, 0.1) is 23.8 Å². The number of halogens is 1. The number of ether oxygens (including phenoxy) is 1. The van der Waals surface area contributed by atoms with Gasteiger partial charge in [0.1, 0.15) is 5.75 Å². The SMILES string of the molecule is COc1ccc(NC(=O)C(=O)Nc2ccc3cn[nH]c3c2)cc1Cl. The molecule has 0 spiro atoms. The van der Waals surface area contributed by atoms with Crippen molar-refractivity contribution < 1.29 is 14.3 Å². The van der Waals surface area contributed by atoms with Crippen molar-refractivity contribution in [3.63, 3.8) is 0 Å². The molecule has 0 bridgehead atoms. The molecule has 3 rings (SSSR count). The topological polar surface area (TPSA) is 96.1 Å². The molecule has 0 atom stereocenters. The zero-order valence-corrected chi connectivity index (χ0v) is 13.3. The van der Waals surface area contributed by atoms with Gasteiger partial charge in [-0.3, -0.25) is 14.7 Å². The van der Waals surface area contributed by atoms with Crippen LogP contribution in [-0.2, 0) is 9.59 Å². The number of methoxy groups -OCH3 is 1. The molecule has 7 nitrogen and oxygen atoms in total. The van der Waals surface area contributed by atoms with Crippen LogP contribution in [0, 0.1) is 0 Å². The van der Waals surface area contributed by atoms with Gasteiger partial charge in [-0.1, -0.05) is 11.6 Å². The van der Waals surface area contributed by atoms with E-state index in [0.29, 0.717) is 22.1 Å². The summed E-state index contributed by atoms with van der Waals surface area (Å²) in [7, 11) is 1.49. The molecule has 0 saturated carbocycles. The van der Waals surface area contributed by atoms with Gasteiger partial charge in [-0.05, 0) is 36.4 Å². The number of carbonyl (C=O) groups excluding carboxylic acids is 2. The number of aromatic amines is 1. The third-order valence-corrected chi connectivity index (χ3v) is 3.61. The first kappa shape index (κ1) is 15.8. The minimum absolute atomic E-state index is 0.334. The number of rotatable bonds is 3. The van der Waals surface area contributed by atoms with Gasteiger partial charge >= 0.3 is 11.8 Å². The average molecular weight is 345 g/mol. The molecule has 0 radical (unpaired) electrons. The van der Waals surface area contributed by atoms with Gasteiger partial charge < -0.3 is 15.4 Å². The molecule has 1 aromatic heterocycles. The first-order valence-corrected chi connectivity index (χ1v) is 7.33. The number of aromatic nitrogens is 2. The first-order valence-electron chi connectivity index (χ1n) is 6.96. The van der Waals surface area contributed by atoms with E-state index in [-0.39, 0.29) is 0 Å². The number of amides is 2. The van der Waals surface area contributed by atoms with Gasteiger partial charge in [-0.15, -0.1) is 0 Å². The number of nitrogens with zero attached hydrogens (tertiary/aromatic N) is 1. The summed E-state index contributed by atoms with van der Waals surface area (Å²) in [6, 6.07) is 9.86. The van der Waals surface area contributed by atoms with E-state index in [9.17, 15) is 9.59 Å². The summed E-state index contributed by atoms with van der Waals surface area (Å²) >= 11 is 5.98. The number of anilines is 2. The Morgan fingerprint density at radius 3 is 2.42 bits per heavy atom. The quantitative estimate of drug-likeness (QED) is 0.636. The normalized spacial score (nSPS) is 10.4. The lowest BCUT2D eigenvalue weighted by Crippen LogP contribution is -2.29. The highest BCUT2D eigenvalue weighted by atomic mass is 35.5. The minimum Gasteiger partial charge on any atom is -0.495 e. The number of fused-ring (bicyclic) bond motifs is 1. The predicted octanol–water partition coefficient (Wildman–Crippen LogP) is 2.80. The standard InChI is InChI=1S/C16H13ClN4O3/c1-24-14-5-4-10(6-12(14)17)19-15(22)16(23)20-11-3-2-9-8-18-21-13(9)7-11/h2-8H,1H3,(H,18,21)(H,19,22)(H,20,23). The monoisotopic (exact) mass is 344 g/mol. The van der Waals surface area contributed by atoms with Crippen LogP contribution >= 0.6 is 11.6 Å². The molecular formula is C16H13ClN4O3. The fraction of sp³-hybridized carbons (Fsp3) is 0.0625. The lowest BCUT2D eigenvalue weighted by atomic mass is 10.2. The summed E-state index contributed by atoms with van der Waals surface area (Å²) in [5, 5.41) is 12.9. The molecule has 8 heteroatoms. The third kappa shape index (κ3) is 3.31. The second-order valence-electron chi connectivity index (χ2n) is 4.93. The largest absolute Gasteiger partial charge is 0.495 e. The van der Waals surface area contributed by atoms with Crippen LogP contribution < -0.4 is 15.4 Å². The number of carbonyl (C=O) groups is 2. The van der Waals surface area contributed by atoms with Crippen molar-refractivity contribution in [2.24, 2.45) is 0 Å². The van der Waals surface area contributed by atoms with Gasteiger partial charge in [-0.25, -0.2) is 0 Å². The van der Waals surface area contributed by atoms with Crippen LogP contribution in [0.15, 0.2) is 42.6 Å². The molecule has 0 fully saturated rings. The molecular weight excluding hydrogens is 332 g/mol. The Balaban J connectivity index is 1.68. The molecule has 122 valence electrons.